The third kappa shape index (κ3) is 6.84. The molecule has 2 aromatic carbocycles. The summed E-state index contributed by atoms with van der Waals surface area (Å²) in [5.41, 5.74) is 4.38. The monoisotopic (exact) mass is 458 g/mol. The molecule has 0 radical (unpaired) electrons. The van der Waals surface area contributed by atoms with E-state index < -0.39 is 0 Å². The van der Waals surface area contributed by atoms with Gasteiger partial charge in [-0.15, -0.1) is 0 Å². The van der Waals surface area contributed by atoms with Crippen LogP contribution >= 0.6 is 15.9 Å². The van der Waals surface area contributed by atoms with E-state index >= 15 is 0 Å². The molecule has 5 nitrogen and oxygen atoms in total. The van der Waals surface area contributed by atoms with Crippen molar-refractivity contribution in [1.29, 1.82) is 0 Å². The van der Waals surface area contributed by atoms with E-state index in [2.05, 4.69) is 66.7 Å². The number of halogens is 1. The third-order valence-electron chi connectivity index (χ3n) is 5.39. The number of carbonyl (C=O) groups excluding carboxylic acids is 1. The van der Waals surface area contributed by atoms with Gasteiger partial charge in [0.1, 0.15) is 0 Å². The molecule has 3 rings (SSSR count). The van der Waals surface area contributed by atoms with E-state index in [1.807, 2.05) is 26.0 Å². The van der Waals surface area contributed by atoms with Crippen molar-refractivity contribution in [2.75, 3.05) is 44.6 Å². The van der Waals surface area contributed by atoms with Crippen LogP contribution in [0.25, 0.3) is 0 Å². The first kappa shape index (κ1) is 21.8. The summed E-state index contributed by atoms with van der Waals surface area (Å²) in [5.74, 6) is 0. The SMILES string of the molecule is Cc1cc(Br)cc(C)c1NC(=O)NCCCN1CCN(Cc2ccccc2)CC1. The molecular weight excluding hydrogens is 428 g/mol. The molecule has 1 fully saturated rings. The number of hydrogen-bond acceptors (Lipinski definition) is 3. The molecule has 6 heteroatoms. The predicted molar refractivity (Wildman–Crippen MR) is 123 cm³/mol. The van der Waals surface area contributed by atoms with Gasteiger partial charge in [0.15, 0.2) is 0 Å². The molecule has 2 aromatic rings. The number of urea groups is 1. The fraction of sp³-hybridized carbons (Fsp3) is 0.435. The summed E-state index contributed by atoms with van der Waals surface area (Å²) in [6.45, 7) is 11.1. The number of hydrogen-bond donors (Lipinski definition) is 2. The zero-order chi connectivity index (χ0) is 20.6. The van der Waals surface area contributed by atoms with Gasteiger partial charge in [0.2, 0.25) is 0 Å². The molecule has 1 heterocycles. The summed E-state index contributed by atoms with van der Waals surface area (Å²) in [5, 5.41) is 5.96. The Kier molecular flexibility index (Phi) is 8.09. The normalized spacial score (nSPS) is 15.3. The van der Waals surface area contributed by atoms with Crippen LogP contribution in [0.5, 0.6) is 0 Å². The van der Waals surface area contributed by atoms with Gasteiger partial charge in [0.25, 0.3) is 0 Å². The number of nitrogens with zero attached hydrogens (tertiary/aromatic N) is 2. The lowest BCUT2D eigenvalue weighted by Gasteiger charge is -2.34. The van der Waals surface area contributed by atoms with Gasteiger partial charge < -0.3 is 15.5 Å². The Bertz CT molecular complexity index is 781. The lowest BCUT2D eigenvalue weighted by molar-refractivity contribution is 0.126. The first-order valence-electron chi connectivity index (χ1n) is 10.3. The molecule has 0 aliphatic carbocycles. The van der Waals surface area contributed by atoms with E-state index in [4.69, 9.17) is 0 Å². The zero-order valence-electron chi connectivity index (χ0n) is 17.4. The van der Waals surface area contributed by atoms with Gasteiger partial charge in [0.05, 0.1) is 0 Å². The maximum atomic E-state index is 12.2. The fourth-order valence-corrected chi connectivity index (χ4v) is 4.47. The van der Waals surface area contributed by atoms with Crippen LogP contribution in [0.15, 0.2) is 46.9 Å². The Morgan fingerprint density at radius 2 is 1.62 bits per heavy atom. The second-order valence-corrected chi connectivity index (χ2v) is 8.67. The summed E-state index contributed by atoms with van der Waals surface area (Å²) >= 11 is 3.49. The Morgan fingerprint density at radius 1 is 1.00 bits per heavy atom. The average Bonchev–Trinajstić information content (AvgIpc) is 2.70. The Balaban J connectivity index is 1.32. The van der Waals surface area contributed by atoms with E-state index in [9.17, 15) is 4.79 Å². The third-order valence-corrected chi connectivity index (χ3v) is 5.84. The topological polar surface area (TPSA) is 47.6 Å². The van der Waals surface area contributed by atoms with Crippen molar-refractivity contribution in [3.63, 3.8) is 0 Å². The highest BCUT2D eigenvalue weighted by Gasteiger charge is 2.16. The molecule has 2 N–H and O–H groups in total. The molecule has 29 heavy (non-hydrogen) atoms. The maximum Gasteiger partial charge on any atom is 0.319 e. The first-order chi connectivity index (χ1) is 14.0. The number of benzene rings is 2. The Labute approximate surface area is 182 Å². The zero-order valence-corrected chi connectivity index (χ0v) is 19.0. The van der Waals surface area contributed by atoms with Crippen LogP contribution in [0.3, 0.4) is 0 Å². The molecular formula is C23H31BrN4O. The smallest absolute Gasteiger partial charge is 0.319 e. The Morgan fingerprint density at radius 3 is 2.28 bits per heavy atom. The van der Waals surface area contributed by atoms with Crippen molar-refractivity contribution in [1.82, 2.24) is 15.1 Å². The highest BCUT2D eigenvalue weighted by Crippen LogP contribution is 2.24. The molecule has 1 aliphatic rings. The van der Waals surface area contributed by atoms with Crippen LogP contribution in [0, 0.1) is 13.8 Å². The van der Waals surface area contributed by atoms with E-state index in [1.165, 1.54) is 5.56 Å². The number of carbonyl (C=O) groups is 1. The quantitative estimate of drug-likeness (QED) is 0.604. The molecule has 1 saturated heterocycles. The summed E-state index contributed by atoms with van der Waals surface area (Å²) in [4.78, 5) is 17.2. The van der Waals surface area contributed by atoms with Crippen molar-refractivity contribution >= 4 is 27.6 Å². The van der Waals surface area contributed by atoms with Crippen molar-refractivity contribution in [3.05, 3.63) is 63.6 Å². The van der Waals surface area contributed by atoms with Gasteiger partial charge in [-0.05, 0) is 55.6 Å². The number of piperazine rings is 1. The molecule has 0 saturated carbocycles. The molecule has 0 spiro atoms. The van der Waals surface area contributed by atoms with Gasteiger partial charge in [0, 0.05) is 49.4 Å². The summed E-state index contributed by atoms with van der Waals surface area (Å²) in [7, 11) is 0. The van der Waals surface area contributed by atoms with Crippen molar-refractivity contribution in [3.8, 4) is 0 Å². The standard InChI is InChI=1S/C23H31BrN4O/c1-18-15-21(24)16-19(2)22(18)26-23(29)25-9-6-10-27-11-13-28(14-12-27)17-20-7-4-3-5-8-20/h3-5,7-8,15-16H,6,9-14,17H2,1-2H3,(H2,25,26,29). The fourth-order valence-electron chi connectivity index (χ4n) is 3.78. The van der Waals surface area contributed by atoms with Crippen LogP contribution in [0.2, 0.25) is 0 Å². The second kappa shape index (κ2) is 10.8. The Hall–Kier alpha value is -1.89. The van der Waals surface area contributed by atoms with Gasteiger partial charge >= 0.3 is 6.03 Å². The molecule has 156 valence electrons. The molecule has 1 aliphatic heterocycles. The minimum atomic E-state index is -0.133. The number of aryl methyl sites for hydroxylation is 2. The highest BCUT2D eigenvalue weighted by atomic mass is 79.9. The summed E-state index contributed by atoms with van der Waals surface area (Å²) in [6.07, 6.45) is 0.963. The lowest BCUT2D eigenvalue weighted by Crippen LogP contribution is -2.46. The van der Waals surface area contributed by atoms with Crippen LogP contribution in [0.4, 0.5) is 10.5 Å². The van der Waals surface area contributed by atoms with Gasteiger partial charge in [-0.2, -0.15) is 0 Å². The van der Waals surface area contributed by atoms with Crippen molar-refractivity contribution < 1.29 is 4.79 Å². The van der Waals surface area contributed by atoms with Crippen LogP contribution in [-0.2, 0) is 6.54 Å². The summed E-state index contributed by atoms with van der Waals surface area (Å²) in [6, 6.07) is 14.6. The maximum absolute atomic E-state index is 12.2. The van der Waals surface area contributed by atoms with Gasteiger partial charge in [-0.1, -0.05) is 46.3 Å². The van der Waals surface area contributed by atoms with Gasteiger partial charge in [-0.25, -0.2) is 4.79 Å². The van der Waals surface area contributed by atoms with Crippen LogP contribution in [0.1, 0.15) is 23.1 Å². The van der Waals surface area contributed by atoms with Gasteiger partial charge in [-0.3, -0.25) is 4.90 Å². The second-order valence-electron chi connectivity index (χ2n) is 7.75. The first-order valence-corrected chi connectivity index (χ1v) is 11.1. The average molecular weight is 459 g/mol. The van der Waals surface area contributed by atoms with E-state index in [0.717, 1.165) is 67.0 Å². The molecule has 0 aromatic heterocycles. The van der Waals surface area contributed by atoms with Crippen molar-refractivity contribution in [2.24, 2.45) is 0 Å². The molecule has 0 unspecified atom stereocenters. The number of amides is 2. The van der Waals surface area contributed by atoms with Crippen molar-refractivity contribution in [2.45, 2.75) is 26.8 Å². The van der Waals surface area contributed by atoms with E-state index in [-0.39, 0.29) is 6.03 Å². The molecule has 0 atom stereocenters. The molecule has 2 amide bonds. The largest absolute Gasteiger partial charge is 0.338 e. The number of anilines is 1. The van der Waals surface area contributed by atoms with Crippen LogP contribution < -0.4 is 10.6 Å². The number of rotatable bonds is 7. The van der Waals surface area contributed by atoms with Crippen LogP contribution in [-0.4, -0.2) is 55.1 Å². The number of nitrogens with one attached hydrogen (secondary N) is 2. The minimum absolute atomic E-state index is 0.133. The minimum Gasteiger partial charge on any atom is -0.338 e. The lowest BCUT2D eigenvalue weighted by atomic mass is 10.1. The highest BCUT2D eigenvalue weighted by molar-refractivity contribution is 9.10. The van der Waals surface area contributed by atoms with E-state index in [0.29, 0.717) is 6.54 Å². The predicted octanol–water partition coefficient (Wildman–Crippen LogP) is 4.40. The summed E-state index contributed by atoms with van der Waals surface area (Å²) < 4.78 is 1.03. The molecule has 0 bridgehead atoms. The van der Waals surface area contributed by atoms with E-state index in [1.54, 1.807) is 0 Å².